The molecule has 1 N–H and O–H groups in total. The fraction of sp³-hybridized carbons (Fsp3) is 0.385. The van der Waals surface area contributed by atoms with Crippen molar-refractivity contribution in [2.45, 2.75) is 39.3 Å². The molecule has 3 rings (SSSR count). The number of Topliss-reactive ketones (excluding diaryl/α,β-unsaturated/α-hetero) is 1. The van der Waals surface area contributed by atoms with Gasteiger partial charge in [-0.25, -0.2) is 0 Å². The lowest BCUT2D eigenvalue weighted by atomic mass is 9.94. The van der Waals surface area contributed by atoms with Gasteiger partial charge in [0.25, 0.3) is 11.7 Å². The zero-order valence-electron chi connectivity index (χ0n) is 19.5. The van der Waals surface area contributed by atoms with Crippen LogP contribution in [0.4, 0.5) is 0 Å². The SMILES string of the molecule is CCOc1ccccc1C1/C(=C(\O)c2ccc(OC(C)C)cc2)C(=O)C(=O)N1CCCOC. The van der Waals surface area contributed by atoms with E-state index in [1.54, 1.807) is 37.4 Å². The Bertz CT molecular complexity index is 1010. The van der Waals surface area contributed by atoms with Gasteiger partial charge in [-0.3, -0.25) is 9.59 Å². The predicted octanol–water partition coefficient (Wildman–Crippen LogP) is 4.33. The lowest BCUT2D eigenvalue weighted by molar-refractivity contribution is -0.140. The summed E-state index contributed by atoms with van der Waals surface area (Å²) in [6, 6.07) is 13.3. The number of aliphatic hydroxyl groups excluding tert-OH is 1. The fourth-order valence-electron chi connectivity index (χ4n) is 3.93. The zero-order chi connectivity index (χ0) is 24.0. The number of benzene rings is 2. The number of amides is 1. The van der Waals surface area contributed by atoms with Crippen molar-refractivity contribution in [3.8, 4) is 11.5 Å². The molecule has 1 saturated heterocycles. The maximum absolute atomic E-state index is 13.1. The summed E-state index contributed by atoms with van der Waals surface area (Å²) in [4.78, 5) is 27.6. The van der Waals surface area contributed by atoms with Gasteiger partial charge < -0.3 is 24.2 Å². The molecule has 0 aromatic heterocycles. The van der Waals surface area contributed by atoms with Crippen molar-refractivity contribution in [3.63, 3.8) is 0 Å². The molecule has 1 atom stereocenters. The molecule has 0 bridgehead atoms. The molecule has 176 valence electrons. The summed E-state index contributed by atoms with van der Waals surface area (Å²) in [7, 11) is 1.59. The average molecular weight is 454 g/mol. The van der Waals surface area contributed by atoms with Gasteiger partial charge in [-0.1, -0.05) is 18.2 Å². The van der Waals surface area contributed by atoms with Crippen LogP contribution in [0.1, 0.15) is 44.4 Å². The topological polar surface area (TPSA) is 85.3 Å². The molecular formula is C26H31NO6. The highest BCUT2D eigenvalue weighted by molar-refractivity contribution is 6.46. The van der Waals surface area contributed by atoms with E-state index in [0.717, 1.165) is 0 Å². The van der Waals surface area contributed by atoms with E-state index in [1.807, 2.05) is 39.0 Å². The molecule has 1 aliphatic rings. The molecular weight excluding hydrogens is 422 g/mol. The van der Waals surface area contributed by atoms with Crippen LogP contribution in [0.3, 0.4) is 0 Å². The van der Waals surface area contributed by atoms with Gasteiger partial charge >= 0.3 is 0 Å². The van der Waals surface area contributed by atoms with Crippen LogP contribution in [0.2, 0.25) is 0 Å². The highest BCUT2D eigenvalue weighted by Gasteiger charge is 2.46. The summed E-state index contributed by atoms with van der Waals surface area (Å²) in [6.45, 7) is 6.90. The van der Waals surface area contributed by atoms with E-state index in [9.17, 15) is 14.7 Å². The van der Waals surface area contributed by atoms with Crippen LogP contribution >= 0.6 is 0 Å². The number of carbonyl (C=O) groups excluding carboxylic acids is 2. The van der Waals surface area contributed by atoms with Gasteiger partial charge in [0.2, 0.25) is 0 Å². The third-order valence-corrected chi connectivity index (χ3v) is 5.30. The number of para-hydroxylation sites is 1. The second kappa shape index (κ2) is 11.0. The Morgan fingerprint density at radius 2 is 1.79 bits per heavy atom. The Labute approximate surface area is 194 Å². The summed E-state index contributed by atoms with van der Waals surface area (Å²) in [5.74, 6) is -0.377. The molecule has 0 aliphatic carbocycles. The van der Waals surface area contributed by atoms with Crippen LogP contribution in [0.5, 0.6) is 11.5 Å². The van der Waals surface area contributed by atoms with Crippen molar-refractivity contribution in [1.82, 2.24) is 4.90 Å². The van der Waals surface area contributed by atoms with Crippen molar-refractivity contribution < 1.29 is 28.9 Å². The summed E-state index contributed by atoms with van der Waals surface area (Å²) < 4.78 is 16.6. The first-order valence-electron chi connectivity index (χ1n) is 11.1. The van der Waals surface area contributed by atoms with Crippen LogP contribution in [0.15, 0.2) is 54.1 Å². The summed E-state index contributed by atoms with van der Waals surface area (Å²) in [5.41, 5.74) is 1.12. The Hall–Kier alpha value is -3.32. The van der Waals surface area contributed by atoms with E-state index in [-0.39, 0.29) is 17.4 Å². The number of hydrogen-bond acceptors (Lipinski definition) is 6. The van der Waals surface area contributed by atoms with Crippen molar-refractivity contribution in [2.24, 2.45) is 0 Å². The minimum Gasteiger partial charge on any atom is -0.507 e. The summed E-state index contributed by atoms with van der Waals surface area (Å²) in [5, 5.41) is 11.2. The third kappa shape index (κ3) is 5.37. The first-order valence-corrected chi connectivity index (χ1v) is 11.1. The lowest BCUT2D eigenvalue weighted by Gasteiger charge is -2.26. The quantitative estimate of drug-likeness (QED) is 0.249. The predicted molar refractivity (Wildman–Crippen MR) is 125 cm³/mol. The van der Waals surface area contributed by atoms with Gasteiger partial charge in [-0.15, -0.1) is 0 Å². The number of rotatable bonds is 10. The molecule has 1 fully saturated rings. The van der Waals surface area contributed by atoms with Crippen LogP contribution in [-0.4, -0.2) is 54.7 Å². The van der Waals surface area contributed by atoms with Crippen LogP contribution < -0.4 is 9.47 Å². The number of methoxy groups -OCH3 is 1. The molecule has 1 heterocycles. The number of ketones is 1. The molecule has 1 unspecified atom stereocenters. The Balaban J connectivity index is 2.10. The third-order valence-electron chi connectivity index (χ3n) is 5.30. The van der Waals surface area contributed by atoms with Crippen molar-refractivity contribution in [1.29, 1.82) is 0 Å². The first-order chi connectivity index (χ1) is 15.9. The van der Waals surface area contributed by atoms with Crippen molar-refractivity contribution in [2.75, 3.05) is 26.9 Å². The monoisotopic (exact) mass is 453 g/mol. The van der Waals surface area contributed by atoms with Gasteiger partial charge in [0, 0.05) is 31.4 Å². The number of ether oxygens (including phenoxy) is 3. The lowest BCUT2D eigenvalue weighted by Crippen LogP contribution is -2.31. The Morgan fingerprint density at radius 1 is 1.09 bits per heavy atom. The second-order valence-corrected chi connectivity index (χ2v) is 8.00. The normalized spacial score (nSPS) is 17.6. The fourth-order valence-corrected chi connectivity index (χ4v) is 3.93. The number of likely N-dealkylation sites (tertiary alicyclic amines) is 1. The van der Waals surface area contributed by atoms with E-state index in [4.69, 9.17) is 14.2 Å². The maximum atomic E-state index is 13.1. The smallest absolute Gasteiger partial charge is 0.295 e. The van der Waals surface area contributed by atoms with E-state index in [1.165, 1.54) is 4.90 Å². The van der Waals surface area contributed by atoms with E-state index < -0.39 is 17.7 Å². The van der Waals surface area contributed by atoms with Gasteiger partial charge in [-0.05, 0) is 57.5 Å². The highest BCUT2D eigenvalue weighted by atomic mass is 16.5. The molecule has 7 heteroatoms. The van der Waals surface area contributed by atoms with Gasteiger partial charge in [0.15, 0.2) is 0 Å². The summed E-state index contributed by atoms with van der Waals surface area (Å²) in [6.07, 6.45) is 0.565. The highest BCUT2D eigenvalue weighted by Crippen LogP contribution is 2.42. The molecule has 0 saturated carbocycles. The minimum atomic E-state index is -0.767. The van der Waals surface area contributed by atoms with Gasteiger partial charge in [-0.2, -0.15) is 0 Å². The number of nitrogens with zero attached hydrogens (tertiary/aromatic N) is 1. The number of hydrogen-bond donors (Lipinski definition) is 1. The zero-order valence-corrected chi connectivity index (χ0v) is 19.5. The Kier molecular flexibility index (Phi) is 8.11. The van der Waals surface area contributed by atoms with E-state index in [0.29, 0.717) is 48.8 Å². The van der Waals surface area contributed by atoms with Crippen LogP contribution in [-0.2, 0) is 14.3 Å². The second-order valence-electron chi connectivity index (χ2n) is 8.00. The van der Waals surface area contributed by atoms with Crippen LogP contribution in [0, 0.1) is 0 Å². The average Bonchev–Trinajstić information content (AvgIpc) is 3.04. The molecule has 1 amide bonds. The molecule has 33 heavy (non-hydrogen) atoms. The molecule has 0 radical (unpaired) electrons. The van der Waals surface area contributed by atoms with E-state index in [2.05, 4.69) is 0 Å². The van der Waals surface area contributed by atoms with Crippen LogP contribution in [0.25, 0.3) is 5.76 Å². The Morgan fingerprint density at radius 3 is 2.42 bits per heavy atom. The van der Waals surface area contributed by atoms with Crippen molar-refractivity contribution >= 4 is 17.4 Å². The molecule has 7 nitrogen and oxygen atoms in total. The number of carbonyl (C=O) groups is 2. The van der Waals surface area contributed by atoms with E-state index >= 15 is 0 Å². The summed E-state index contributed by atoms with van der Waals surface area (Å²) >= 11 is 0. The number of aliphatic hydroxyl groups is 1. The molecule has 0 spiro atoms. The largest absolute Gasteiger partial charge is 0.507 e. The van der Waals surface area contributed by atoms with Gasteiger partial charge in [0.05, 0.1) is 24.3 Å². The molecule has 2 aromatic carbocycles. The first kappa shape index (κ1) is 24.3. The maximum Gasteiger partial charge on any atom is 0.295 e. The van der Waals surface area contributed by atoms with Crippen molar-refractivity contribution in [3.05, 3.63) is 65.2 Å². The molecule has 1 aliphatic heterocycles. The minimum absolute atomic E-state index is 0.0111. The van der Waals surface area contributed by atoms with Gasteiger partial charge in [0.1, 0.15) is 17.3 Å². The molecule has 2 aromatic rings. The standard InChI is InChI=1S/C26H31NO6/c1-5-32-21-10-7-6-9-20(21)23-22(25(29)26(30)27(23)15-8-16-31-4)24(28)18-11-13-19(14-12-18)33-17(2)3/h6-7,9-14,17,23,28H,5,8,15-16H2,1-4H3/b24-22+.